The van der Waals surface area contributed by atoms with Crippen molar-refractivity contribution < 1.29 is 14.3 Å². The summed E-state index contributed by atoms with van der Waals surface area (Å²) < 4.78 is 6.06. The maximum absolute atomic E-state index is 13.3. The standard InChI is InChI=1S/C33H59NO3SSi/c1-12-39(32(7,8)9)37-30(35)19-20-33(10,11)31(36)27(5)21-25(3)17-13-15-24(2)16-14-18-26(4)22-29-23-38-28(6)34-29/h16,22-23,25,27,30,35,39H,12-15,17-21H2,1-11H3/b24-16+,26-22+/t25-,27+,30-,39?/m0/s1. The molecular weight excluding hydrogens is 519 g/mol. The van der Waals surface area contributed by atoms with Crippen molar-refractivity contribution in [3.05, 3.63) is 33.3 Å². The van der Waals surface area contributed by atoms with Gasteiger partial charge in [-0.25, -0.2) is 4.98 Å². The zero-order valence-electron chi connectivity index (χ0n) is 27.0. The van der Waals surface area contributed by atoms with Gasteiger partial charge in [0.25, 0.3) is 0 Å². The number of carbonyl (C=O) groups excluding carboxylic acids is 1. The predicted molar refractivity (Wildman–Crippen MR) is 173 cm³/mol. The fraction of sp³-hybridized carbons (Fsp3) is 0.758. The van der Waals surface area contributed by atoms with Gasteiger partial charge in [-0.1, -0.05) is 79.0 Å². The number of thiazole rings is 1. The number of nitrogens with zero attached hydrogens (tertiary/aromatic N) is 1. The van der Waals surface area contributed by atoms with Crippen LogP contribution in [0.2, 0.25) is 11.1 Å². The first-order chi connectivity index (χ1) is 18.0. The minimum absolute atomic E-state index is 0.0355. The normalized spacial score (nSPS) is 16.7. The first kappa shape index (κ1) is 35.9. The van der Waals surface area contributed by atoms with Crippen LogP contribution in [0, 0.1) is 24.2 Å². The van der Waals surface area contributed by atoms with E-state index >= 15 is 0 Å². The highest BCUT2D eigenvalue weighted by Gasteiger charge is 2.34. The Bertz CT molecular complexity index is 928. The summed E-state index contributed by atoms with van der Waals surface area (Å²) >= 11 is 1.70. The highest BCUT2D eigenvalue weighted by atomic mass is 32.1. The molecule has 1 rings (SSSR count). The van der Waals surface area contributed by atoms with Crippen LogP contribution in [0.3, 0.4) is 0 Å². The van der Waals surface area contributed by atoms with Crippen LogP contribution in [0.1, 0.15) is 131 Å². The summed E-state index contributed by atoms with van der Waals surface area (Å²) in [5.41, 5.74) is 3.47. The molecule has 4 atom stereocenters. The third kappa shape index (κ3) is 14.4. The quantitative estimate of drug-likeness (QED) is 0.107. The molecule has 0 aromatic carbocycles. The van der Waals surface area contributed by atoms with E-state index in [9.17, 15) is 9.90 Å². The third-order valence-electron chi connectivity index (χ3n) is 7.88. The molecule has 224 valence electrons. The molecule has 1 N–H and O–H groups in total. The van der Waals surface area contributed by atoms with Crippen molar-refractivity contribution in [3.8, 4) is 0 Å². The Labute approximate surface area is 246 Å². The maximum atomic E-state index is 13.3. The van der Waals surface area contributed by atoms with E-state index in [4.69, 9.17) is 4.43 Å². The van der Waals surface area contributed by atoms with Crippen LogP contribution in [0.15, 0.2) is 22.6 Å². The molecule has 0 fully saturated rings. The van der Waals surface area contributed by atoms with E-state index in [0.29, 0.717) is 24.5 Å². The molecule has 0 spiro atoms. The van der Waals surface area contributed by atoms with Crippen molar-refractivity contribution in [3.63, 3.8) is 0 Å². The number of hydrogen-bond donors (Lipinski definition) is 1. The van der Waals surface area contributed by atoms with E-state index < -0.39 is 20.7 Å². The molecule has 0 saturated carbocycles. The first-order valence-corrected chi connectivity index (χ1v) is 17.9. The van der Waals surface area contributed by atoms with Crippen LogP contribution in [-0.2, 0) is 9.22 Å². The zero-order valence-corrected chi connectivity index (χ0v) is 29.0. The lowest BCUT2D eigenvalue weighted by atomic mass is 9.75. The van der Waals surface area contributed by atoms with Crippen LogP contribution >= 0.6 is 11.3 Å². The summed E-state index contributed by atoms with van der Waals surface area (Å²) in [4.78, 5) is 17.8. The van der Waals surface area contributed by atoms with Crippen LogP contribution in [0.25, 0.3) is 6.08 Å². The number of aliphatic hydroxyl groups is 1. The van der Waals surface area contributed by atoms with Crippen LogP contribution < -0.4 is 0 Å². The van der Waals surface area contributed by atoms with E-state index in [-0.39, 0.29) is 11.0 Å². The number of rotatable bonds is 18. The lowest BCUT2D eigenvalue weighted by molar-refractivity contribution is -0.132. The lowest BCUT2D eigenvalue weighted by Crippen LogP contribution is -2.35. The molecule has 0 radical (unpaired) electrons. The molecule has 0 aliphatic heterocycles. The minimum atomic E-state index is -1.50. The van der Waals surface area contributed by atoms with Gasteiger partial charge in [-0.05, 0) is 88.8 Å². The molecule has 0 amide bonds. The van der Waals surface area contributed by atoms with Crippen molar-refractivity contribution >= 4 is 32.2 Å². The molecule has 1 aromatic heterocycles. The van der Waals surface area contributed by atoms with Crippen molar-refractivity contribution in [1.82, 2.24) is 4.98 Å². The number of allylic oxidation sites excluding steroid dienone is 3. The van der Waals surface area contributed by atoms with Crippen LogP contribution in [0.4, 0.5) is 0 Å². The summed E-state index contributed by atoms with van der Waals surface area (Å²) in [7, 11) is -1.50. The Morgan fingerprint density at radius 1 is 1.13 bits per heavy atom. The van der Waals surface area contributed by atoms with E-state index in [0.717, 1.165) is 48.8 Å². The molecule has 0 saturated heterocycles. The molecule has 1 unspecified atom stereocenters. The van der Waals surface area contributed by atoms with E-state index in [2.05, 4.69) is 77.9 Å². The summed E-state index contributed by atoms with van der Waals surface area (Å²) in [5.74, 6) is 0.874. The van der Waals surface area contributed by atoms with Gasteiger partial charge in [0.1, 0.15) is 12.1 Å². The number of ketones is 1. The van der Waals surface area contributed by atoms with Gasteiger partial charge >= 0.3 is 0 Å². The van der Waals surface area contributed by atoms with Gasteiger partial charge in [0.05, 0.1) is 10.7 Å². The number of aliphatic hydroxyl groups excluding tert-OH is 1. The number of carbonyl (C=O) groups is 1. The Morgan fingerprint density at radius 3 is 2.36 bits per heavy atom. The van der Waals surface area contributed by atoms with Gasteiger partial charge < -0.3 is 9.53 Å². The second kappa shape index (κ2) is 17.0. The Hall–Kier alpha value is -1.08. The molecule has 1 heterocycles. The Balaban J connectivity index is 2.39. The van der Waals surface area contributed by atoms with Crippen molar-refractivity contribution in [2.24, 2.45) is 17.3 Å². The van der Waals surface area contributed by atoms with Crippen molar-refractivity contribution in [2.45, 2.75) is 145 Å². The van der Waals surface area contributed by atoms with E-state index in [1.807, 2.05) is 20.8 Å². The number of aryl methyl sites for hydroxylation is 1. The maximum Gasteiger partial charge on any atom is 0.185 e. The van der Waals surface area contributed by atoms with Gasteiger partial charge in [-0.2, -0.15) is 0 Å². The van der Waals surface area contributed by atoms with Gasteiger partial charge in [0.15, 0.2) is 9.04 Å². The second-order valence-electron chi connectivity index (χ2n) is 13.6. The predicted octanol–water partition coefficient (Wildman–Crippen LogP) is 9.67. The lowest BCUT2D eigenvalue weighted by Gasteiger charge is -2.32. The number of hydrogen-bond acceptors (Lipinski definition) is 5. The molecule has 4 nitrogen and oxygen atoms in total. The molecular formula is C33H59NO3SSi. The Kier molecular flexibility index (Phi) is 15.7. The van der Waals surface area contributed by atoms with Gasteiger partial charge in [0, 0.05) is 16.7 Å². The highest BCUT2D eigenvalue weighted by Crippen LogP contribution is 2.34. The number of Topliss-reactive ketones (excluding diaryl/α,β-unsaturated/α-hetero) is 1. The van der Waals surface area contributed by atoms with Crippen LogP contribution in [0.5, 0.6) is 0 Å². The average Bonchev–Trinajstić information content (AvgIpc) is 3.24. The third-order valence-corrected chi connectivity index (χ3v) is 12.0. The molecule has 39 heavy (non-hydrogen) atoms. The highest BCUT2D eigenvalue weighted by molar-refractivity contribution is 7.09. The molecule has 0 bridgehead atoms. The van der Waals surface area contributed by atoms with Gasteiger partial charge in [0.2, 0.25) is 0 Å². The largest absolute Gasteiger partial charge is 0.395 e. The monoisotopic (exact) mass is 577 g/mol. The Morgan fingerprint density at radius 2 is 1.79 bits per heavy atom. The van der Waals surface area contributed by atoms with Crippen LogP contribution in [-0.4, -0.2) is 31.2 Å². The van der Waals surface area contributed by atoms with E-state index in [1.165, 1.54) is 17.6 Å². The summed E-state index contributed by atoms with van der Waals surface area (Å²) in [6.45, 7) is 23.6. The van der Waals surface area contributed by atoms with Crippen molar-refractivity contribution in [1.29, 1.82) is 0 Å². The summed E-state index contributed by atoms with van der Waals surface area (Å²) in [6, 6.07) is 0.998. The number of aromatic nitrogens is 1. The fourth-order valence-corrected chi connectivity index (χ4v) is 8.33. The van der Waals surface area contributed by atoms with Gasteiger partial charge in [-0.3, -0.25) is 4.79 Å². The summed E-state index contributed by atoms with van der Waals surface area (Å²) in [5, 5.41) is 13.9. The zero-order chi connectivity index (χ0) is 29.8. The molecule has 0 aliphatic rings. The molecule has 1 aromatic rings. The van der Waals surface area contributed by atoms with Gasteiger partial charge in [-0.15, -0.1) is 11.3 Å². The SMILES string of the molecule is CC[SiH](O[C@H](O)CCC(C)(C)C(=O)[C@H](C)C[C@@H](C)CCC/C(C)=C/CC/C(C)=C/c1csc(C)n1)C(C)(C)C. The summed E-state index contributed by atoms with van der Waals surface area (Å²) in [6.07, 6.45) is 11.5. The fourth-order valence-electron chi connectivity index (χ4n) is 5.42. The molecule has 6 heteroatoms. The average molecular weight is 578 g/mol. The second-order valence-corrected chi connectivity index (χ2v) is 18.5. The minimum Gasteiger partial charge on any atom is -0.395 e. The topological polar surface area (TPSA) is 59.4 Å². The first-order valence-electron chi connectivity index (χ1n) is 15.2. The van der Waals surface area contributed by atoms with E-state index in [1.54, 1.807) is 11.3 Å². The van der Waals surface area contributed by atoms with Crippen molar-refractivity contribution in [2.75, 3.05) is 0 Å². The smallest absolute Gasteiger partial charge is 0.185 e. The molecule has 0 aliphatic carbocycles.